The minimum absolute atomic E-state index is 0.0255. The molecule has 1 saturated carbocycles. The Morgan fingerprint density at radius 1 is 1.28 bits per heavy atom. The van der Waals surface area contributed by atoms with Crippen molar-refractivity contribution in [3.05, 3.63) is 52.3 Å². The fourth-order valence-electron chi connectivity index (χ4n) is 4.85. The molecule has 3 aliphatic carbocycles. The first kappa shape index (κ1) is 19.4. The summed E-state index contributed by atoms with van der Waals surface area (Å²) >= 11 is 0. The Kier molecular flexibility index (Phi) is 4.36. The number of aliphatic hydroxyl groups excluding tert-OH is 2. The fraction of sp³-hybridized carbons (Fsp3) is 0.381. The Balaban J connectivity index is 1.94. The molecule has 0 aromatic heterocycles. The third-order valence-corrected chi connectivity index (χ3v) is 6.13. The van der Waals surface area contributed by atoms with Crippen LogP contribution in [-0.4, -0.2) is 51.1 Å². The van der Waals surface area contributed by atoms with Crippen molar-refractivity contribution in [1.82, 2.24) is 0 Å². The molecule has 0 heterocycles. The first-order chi connectivity index (χ1) is 13.7. The predicted molar refractivity (Wildman–Crippen MR) is 101 cm³/mol. The Morgan fingerprint density at radius 2 is 1.97 bits per heavy atom. The van der Waals surface area contributed by atoms with Gasteiger partial charge < -0.3 is 25.8 Å². The number of hydrogen-bond donors (Lipinski definition) is 4. The summed E-state index contributed by atoms with van der Waals surface area (Å²) in [6, 6.07) is 7.03. The van der Waals surface area contributed by atoms with E-state index < -0.39 is 52.3 Å². The molecule has 0 aliphatic heterocycles. The van der Waals surface area contributed by atoms with Gasteiger partial charge in [-0.05, 0) is 31.2 Å². The molecule has 1 aromatic rings. The molecule has 8 nitrogen and oxygen atoms in total. The van der Waals surface area contributed by atoms with Gasteiger partial charge in [-0.3, -0.25) is 14.4 Å². The SMILES string of the molecule is CCOC1C(=O)C(C(N)=O)=C(O)C2(O)C(=O)C3=C(O)c4ccccc4CC3CC12. The molecule has 4 unspecified atom stereocenters. The number of rotatable bonds is 3. The van der Waals surface area contributed by atoms with Crippen LogP contribution in [0.3, 0.4) is 0 Å². The van der Waals surface area contributed by atoms with Crippen molar-refractivity contribution in [1.29, 1.82) is 0 Å². The van der Waals surface area contributed by atoms with Crippen LogP contribution in [0.2, 0.25) is 0 Å². The Morgan fingerprint density at radius 3 is 2.62 bits per heavy atom. The zero-order valence-corrected chi connectivity index (χ0v) is 15.7. The van der Waals surface area contributed by atoms with Gasteiger partial charge in [-0.2, -0.15) is 0 Å². The zero-order chi connectivity index (χ0) is 21.1. The predicted octanol–water partition coefficient (Wildman–Crippen LogP) is 0.733. The van der Waals surface area contributed by atoms with Crippen LogP contribution >= 0.6 is 0 Å². The van der Waals surface area contributed by atoms with Gasteiger partial charge in [-0.1, -0.05) is 24.3 Å². The number of fused-ring (bicyclic) bond motifs is 3. The lowest BCUT2D eigenvalue weighted by atomic mass is 9.58. The highest BCUT2D eigenvalue weighted by molar-refractivity contribution is 6.24. The third kappa shape index (κ3) is 2.49. The largest absolute Gasteiger partial charge is 0.508 e. The molecule has 8 heteroatoms. The summed E-state index contributed by atoms with van der Waals surface area (Å²) in [5.74, 6) is -5.98. The summed E-state index contributed by atoms with van der Waals surface area (Å²) in [6.07, 6.45) is -0.787. The van der Waals surface area contributed by atoms with Crippen LogP contribution in [0.1, 0.15) is 24.5 Å². The Bertz CT molecular complexity index is 1010. The van der Waals surface area contributed by atoms with Crippen LogP contribution in [0.15, 0.2) is 41.2 Å². The molecule has 3 aliphatic rings. The molecule has 0 saturated heterocycles. The van der Waals surface area contributed by atoms with E-state index in [9.17, 15) is 29.7 Å². The van der Waals surface area contributed by atoms with E-state index in [0.717, 1.165) is 5.56 Å². The van der Waals surface area contributed by atoms with Crippen molar-refractivity contribution in [3.8, 4) is 0 Å². The van der Waals surface area contributed by atoms with Gasteiger partial charge in [-0.25, -0.2) is 0 Å². The minimum Gasteiger partial charge on any atom is -0.508 e. The summed E-state index contributed by atoms with van der Waals surface area (Å²) in [5.41, 5.74) is 3.10. The summed E-state index contributed by atoms with van der Waals surface area (Å²) in [7, 11) is 0. The number of ketones is 2. The van der Waals surface area contributed by atoms with Gasteiger partial charge in [0.1, 0.15) is 23.2 Å². The molecule has 152 valence electrons. The molecule has 4 atom stereocenters. The van der Waals surface area contributed by atoms with E-state index in [1.165, 1.54) is 0 Å². The first-order valence-electron chi connectivity index (χ1n) is 9.41. The molecular weight excluding hydrogens is 378 g/mol. The number of primary amides is 1. The van der Waals surface area contributed by atoms with Crippen molar-refractivity contribution in [2.75, 3.05) is 6.61 Å². The normalized spacial score (nSPS) is 31.3. The number of aliphatic hydroxyl groups is 3. The molecule has 1 amide bonds. The maximum atomic E-state index is 13.4. The number of carbonyl (C=O) groups excluding carboxylic acids is 3. The molecule has 4 rings (SSSR count). The highest BCUT2D eigenvalue weighted by Gasteiger charge is 2.64. The van der Waals surface area contributed by atoms with E-state index in [2.05, 4.69) is 0 Å². The van der Waals surface area contributed by atoms with Crippen molar-refractivity contribution in [2.45, 2.75) is 31.5 Å². The van der Waals surface area contributed by atoms with Gasteiger partial charge in [0.15, 0.2) is 5.60 Å². The van der Waals surface area contributed by atoms with Gasteiger partial charge in [0.05, 0.1) is 0 Å². The van der Waals surface area contributed by atoms with E-state index >= 15 is 0 Å². The van der Waals surface area contributed by atoms with Gasteiger partial charge in [-0.15, -0.1) is 0 Å². The average Bonchev–Trinajstić information content (AvgIpc) is 2.68. The lowest BCUT2D eigenvalue weighted by molar-refractivity contribution is -0.164. The molecule has 5 N–H and O–H groups in total. The van der Waals surface area contributed by atoms with Crippen LogP contribution < -0.4 is 5.73 Å². The van der Waals surface area contributed by atoms with E-state index in [-0.39, 0.29) is 24.4 Å². The standard InChI is InChI=1S/C21H21NO7/c1-2-29-17-12-8-10-7-9-5-3-4-6-11(9)15(23)13(10)18(25)21(12,28)19(26)14(16(17)24)20(22)27/h3-6,10,12,17,23,26,28H,2,7-8H2,1H3,(H2,22,27). The smallest absolute Gasteiger partial charge is 0.255 e. The molecule has 0 spiro atoms. The van der Waals surface area contributed by atoms with Crippen molar-refractivity contribution in [3.63, 3.8) is 0 Å². The first-order valence-corrected chi connectivity index (χ1v) is 9.41. The monoisotopic (exact) mass is 399 g/mol. The van der Waals surface area contributed by atoms with Gasteiger partial charge in [0, 0.05) is 23.7 Å². The van der Waals surface area contributed by atoms with E-state index in [4.69, 9.17) is 10.5 Å². The average molecular weight is 399 g/mol. The number of amides is 1. The number of carbonyl (C=O) groups is 3. The molecule has 1 aromatic carbocycles. The number of Topliss-reactive ketones (excluding diaryl/α,β-unsaturated/α-hetero) is 2. The highest BCUT2D eigenvalue weighted by Crippen LogP contribution is 2.51. The molecule has 29 heavy (non-hydrogen) atoms. The quantitative estimate of drug-likeness (QED) is 0.548. The fourth-order valence-corrected chi connectivity index (χ4v) is 4.85. The molecule has 0 radical (unpaired) electrons. The van der Waals surface area contributed by atoms with E-state index in [0.29, 0.717) is 12.0 Å². The third-order valence-electron chi connectivity index (χ3n) is 6.13. The van der Waals surface area contributed by atoms with Gasteiger partial charge in [0.2, 0.25) is 11.6 Å². The lowest BCUT2D eigenvalue weighted by Gasteiger charge is -2.48. The second-order valence-electron chi connectivity index (χ2n) is 7.59. The van der Waals surface area contributed by atoms with Crippen LogP contribution in [0, 0.1) is 11.8 Å². The van der Waals surface area contributed by atoms with Crippen LogP contribution in [-0.2, 0) is 25.5 Å². The number of nitrogens with two attached hydrogens (primary N) is 1. The molecular formula is C21H21NO7. The summed E-state index contributed by atoms with van der Waals surface area (Å²) in [6.45, 7) is 1.72. The number of ether oxygens (including phenoxy) is 1. The van der Waals surface area contributed by atoms with Crippen LogP contribution in [0.4, 0.5) is 0 Å². The summed E-state index contributed by atoms with van der Waals surface area (Å²) in [5, 5.41) is 32.7. The number of benzene rings is 1. The molecule has 0 bridgehead atoms. The van der Waals surface area contributed by atoms with Gasteiger partial charge >= 0.3 is 0 Å². The summed E-state index contributed by atoms with van der Waals surface area (Å²) in [4.78, 5) is 38.0. The van der Waals surface area contributed by atoms with Crippen LogP contribution in [0.5, 0.6) is 0 Å². The van der Waals surface area contributed by atoms with Gasteiger partial charge in [0.25, 0.3) is 5.91 Å². The highest BCUT2D eigenvalue weighted by atomic mass is 16.5. The second kappa shape index (κ2) is 6.53. The maximum absolute atomic E-state index is 13.4. The van der Waals surface area contributed by atoms with E-state index in [1.54, 1.807) is 19.1 Å². The Hall–Kier alpha value is -2.97. The van der Waals surface area contributed by atoms with E-state index in [1.807, 2.05) is 12.1 Å². The Labute approximate surface area is 166 Å². The second-order valence-corrected chi connectivity index (χ2v) is 7.59. The number of hydrogen-bond acceptors (Lipinski definition) is 7. The maximum Gasteiger partial charge on any atom is 0.255 e. The molecule has 1 fully saturated rings. The topological polar surface area (TPSA) is 147 Å². The van der Waals surface area contributed by atoms with Crippen LogP contribution in [0.25, 0.3) is 5.76 Å². The van der Waals surface area contributed by atoms with Crippen molar-refractivity contribution in [2.24, 2.45) is 17.6 Å². The summed E-state index contributed by atoms with van der Waals surface area (Å²) < 4.78 is 5.49. The lowest BCUT2D eigenvalue weighted by Crippen LogP contribution is -2.63. The van der Waals surface area contributed by atoms with Crippen molar-refractivity contribution >= 4 is 23.2 Å². The zero-order valence-electron chi connectivity index (χ0n) is 15.7. The van der Waals surface area contributed by atoms with Crippen molar-refractivity contribution < 1.29 is 34.4 Å². The minimum atomic E-state index is -2.58.